The number of amides is 2. The van der Waals surface area contributed by atoms with E-state index < -0.39 is 0 Å². The van der Waals surface area contributed by atoms with Crippen molar-refractivity contribution >= 4 is 23.1 Å². The van der Waals surface area contributed by atoms with Crippen LogP contribution in [0.5, 0.6) is 5.75 Å². The highest BCUT2D eigenvalue weighted by Gasteiger charge is 2.39. The van der Waals surface area contributed by atoms with Gasteiger partial charge in [-0.2, -0.15) is 0 Å². The molecule has 1 aliphatic heterocycles. The number of aromatic nitrogens is 1. The predicted molar refractivity (Wildman–Crippen MR) is 119 cm³/mol. The number of nitrogens with zero attached hydrogens (tertiary/aromatic N) is 2. The molecule has 3 aromatic rings. The summed E-state index contributed by atoms with van der Waals surface area (Å²) in [6.45, 7) is 4.10. The zero-order chi connectivity index (χ0) is 22.0. The van der Waals surface area contributed by atoms with Crippen LogP contribution in [0.25, 0.3) is 5.57 Å². The first kappa shape index (κ1) is 20.3. The Hall–Kier alpha value is -3.93. The molecule has 0 saturated heterocycles. The number of nitrogens with one attached hydrogen (secondary N) is 1. The lowest BCUT2D eigenvalue weighted by atomic mass is 10.0. The number of methoxy groups -OCH3 is 1. The van der Waals surface area contributed by atoms with Crippen LogP contribution in [-0.2, 0) is 16.1 Å². The van der Waals surface area contributed by atoms with Gasteiger partial charge >= 0.3 is 0 Å². The van der Waals surface area contributed by atoms with Gasteiger partial charge in [0, 0.05) is 11.9 Å². The van der Waals surface area contributed by atoms with Gasteiger partial charge in [-0.15, -0.1) is 0 Å². The first-order valence-corrected chi connectivity index (χ1v) is 9.97. The summed E-state index contributed by atoms with van der Waals surface area (Å²) in [5.74, 6) is -0.0495. The van der Waals surface area contributed by atoms with Crippen molar-refractivity contribution in [3.05, 3.63) is 94.9 Å². The Bertz CT molecular complexity index is 1170. The second-order valence-electron chi connectivity index (χ2n) is 7.37. The maximum absolute atomic E-state index is 13.4. The van der Waals surface area contributed by atoms with Crippen molar-refractivity contribution in [3.63, 3.8) is 0 Å². The van der Waals surface area contributed by atoms with Gasteiger partial charge in [0.05, 0.1) is 24.9 Å². The van der Waals surface area contributed by atoms with Crippen molar-refractivity contribution in [1.29, 1.82) is 0 Å². The third-order valence-electron chi connectivity index (χ3n) is 5.46. The molecule has 1 aromatic heterocycles. The molecule has 0 bridgehead atoms. The van der Waals surface area contributed by atoms with Crippen LogP contribution in [0.15, 0.2) is 72.6 Å². The Morgan fingerprint density at radius 3 is 2.39 bits per heavy atom. The summed E-state index contributed by atoms with van der Waals surface area (Å²) in [7, 11) is 1.58. The minimum atomic E-state index is -0.373. The number of aryl methyl sites for hydroxylation is 1. The SMILES string of the molecule is COc1ccc(C2=C(Nc3cccc(C)c3C)C(=O)N(Cc3ccccn3)C2=O)cc1. The summed E-state index contributed by atoms with van der Waals surface area (Å²) >= 11 is 0. The molecule has 6 heteroatoms. The Morgan fingerprint density at radius 2 is 1.71 bits per heavy atom. The van der Waals surface area contributed by atoms with E-state index in [1.54, 1.807) is 49.7 Å². The van der Waals surface area contributed by atoms with Gasteiger partial charge in [0.1, 0.15) is 11.4 Å². The number of benzene rings is 2. The van der Waals surface area contributed by atoms with E-state index in [9.17, 15) is 9.59 Å². The molecule has 2 amide bonds. The molecule has 1 N–H and O–H groups in total. The molecule has 0 radical (unpaired) electrons. The molecule has 2 aromatic carbocycles. The van der Waals surface area contributed by atoms with Gasteiger partial charge in [0.2, 0.25) is 0 Å². The van der Waals surface area contributed by atoms with Crippen molar-refractivity contribution < 1.29 is 14.3 Å². The van der Waals surface area contributed by atoms with Crippen LogP contribution in [0, 0.1) is 13.8 Å². The molecular formula is C25H23N3O3. The molecular weight excluding hydrogens is 390 g/mol. The standard InChI is InChI=1S/C25H23N3O3/c1-16-7-6-9-21(17(16)2)27-23-22(18-10-12-20(31-3)13-11-18)24(29)28(25(23)30)15-19-8-4-5-14-26-19/h4-14,27H,15H2,1-3H3. The third-order valence-corrected chi connectivity index (χ3v) is 5.46. The van der Waals surface area contributed by atoms with Crippen LogP contribution < -0.4 is 10.1 Å². The molecule has 156 valence electrons. The van der Waals surface area contributed by atoms with Crippen molar-refractivity contribution in [2.75, 3.05) is 12.4 Å². The highest BCUT2D eigenvalue weighted by Crippen LogP contribution is 2.33. The molecule has 0 aliphatic carbocycles. The first-order chi connectivity index (χ1) is 15.0. The summed E-state index contributed by atoms with van der Waals surface area (Å²) < 4.78 is 5.23. The van der Waals surface area contributed by atoms with Crippen LogP contribution in [0.1, 0.15) is 22.4 Å². The molecule has 0 atom stereocenters. The van der Waals surface area contributed by atoms with Crippen LogP contribution in [0.2, 0.25) is 0 Å². The van der Waals surface area contributed by atoms with E-state index in [-0.39, 0.29) is 24.1 Å². The van der Waals surface area contributed by atoms with Crippen LogP contribution in [0.4, 0.5) is 5.69 Å². The molecule has 6 nitrogen and oxygen atoms in total. The monoisotopic (exact) mass is 413 g/mol. The van der Waals surface area contributed by atoms with Crippen LogP contribution >= 0.6 is 0 Å². The fourth-order valence-electron chi connectivity index (χ4n) is 3.54. The summed E-state index contributed by atoms with van der Waals surface area (Å²) in [4.78, 5) is 32.2. The number of hydrogen-bond acceptors (Lipinski definition) is 5. The highest BCUT2D eigenvalue weighted by atomic mass is 16.5. The number of imide groups is 1. The second-order valence-corrected chi connectivity index (χ2v) is 7.37. The normalized spacial score (nSPS) is 13.7. The Morgan fingerprint density at radius 1 is 0.935 bits per heavy atom. The second kappa shape index (κ2) is 8.44. The maximum atomic E-state index is 13.4. The summed E-state index contributed by atoms with van der Waals surface area (Å²) in [5, 5.41) is 3.24. The third kappa shape index (κ3) is 3.92. The van der Waals surface area contributed by atoms with Gasteiger partial charge < -0.3 is 10.1 Å². The first-order valence-electron chi connectivity index (χ1n) is 9.97. The van der Waals surface area contributed by atoms with Gasteiger partial charge in [0.25, 0.3) is 11.8 Å². The van der Waals surface area contributed by atoms with E-state index >= 15 is 0 Å². The number of pyridine rings is 1. The minimum absolute atomic E-state index is 0.107. The number of anilines is 1. The Kier molecular flexibility index (Phi) is 5.54. The van der Waals surface area contributed by atoms with E-state index in [2.05, 4.69) is 10.3 Å². The summed E-state index contributed by atoms with van der Waals surface area (Å²) in [6, 6.07) is 18.4. The Balaban J connectivity index is 1.77. The smallest absolute Gasteiger partial charge is 0.278 e. The van der Waals surface area contributed by atoms with E-state index in [4.69, 9.17) is 4.74 Å². The number of hydrogen-bond donors (Lipinski definition) is 1. The molecule has 1 aliphatic rings. The topological polar surface area (TPSA) is 71.5 Å². The lowest BCUT2D eigenvalue weighted by Gasteiger charge is -2.15. The number of carbonyl (C=O) groups excluding carboxylic acids is 2. The number of carbonyl (C=O) groups is 2. The fraction of sp³-hybridized carbons (Fsp3) is 0.160. The molecule has 2 heterocycles. The molecule has 0 spiro atoms. The van der Waals surface area contributed by atoms with Gasteiger partial charge in [0.15, 0.2) is 0 Å². The fourth-order valence-corrected chi connectivity index (χ4v) is 3.54. The lowest BCUT2D eigenvalue weighted by Crippen LogP contribution is -2.32. The molecule has 4 rings (SSSR count). The number of rotatable bonds is 6. The van der Waals surface area contributed by atoms with E-state index in [1.807, 2.05) is 38.1 Å². The summed E-state index contributed by atoms with van der Waals surface area (Å²) in [5.41, 5.74) is 4.80. The highest BCUT2D eigenvalue weighted by molar-refractivity contribution is 6.36. The average Bonchev–Trinajstić information content (AvgIpc) is 3.02. The maximum Gasteiger partial charge on any atom is 0.278 e. The molecule has 31 heavy (non-hydrogen) atoms. The predicted octanol–water partition coefficient (Wildman–Crippen LogP) is 4.10. The van der Waals surface area contributed by atoms with Crippen molar-refractivity contribution in [3.8, 4) is 5.75 Å². The largest absolute Gasteiger partial charge is 0.497 e. The molecule has 0 unspecified atom stereocenters. The van der Waals surface area contributed by atoms with Gasteiger partial charge in [-0.3, -0.25) is 19.5 Å². The van der Waals surface area contributed by atoms with Crippen LogP contribution in [0.3, 0.4) is 0 Å². The Labute approximate surface area is 181 Å². The van der Waals surface area contributed by atoms with E-state index in [0.29, 0.717) is 22.6 Å². The number of ether oxygens (including phenoxy) is 1. The van der Waals surface area contributed by atoms with Crippen molar-refractivity contribution in [2.45, 2.75) is 20.4 Å². The quantitative estimate of drug-likeness (QED) is 0.616. The van der Waals surface area contributed by atoms with Gasteiger partial charge in [-0.1, -0.05) is 30.3 Å². The van der Waals surface area contributed by atoms with E-state index in [0.717, 1.165) is 16.8 Å². The summed E-state index contributed by atoms with van der Waals surface area (Å²) in [6.07, 6.45) is 1.65. The zero-order valence-electron chi connectivity index (χ0n) is 17.7. The van der Waals surface area contributed by atoms with Crippen LogP contribution in [-0.4, -0.2) is 28.8 Å². The van der Waals surface area contributed by atoms with Gasteiger partial charge in [-0.05, 0) is 60.9 Å². The van der Waals surface area contributed by atoms with Gasteiger partial charge in [-0.25, -0.2) is 0 Å². The van der Waals surface area contributed by atoms with E-state index in [1.165, 1.54) is 4.90 Å². The minimum Gasteiger partial charge on any atom is -0.497 e. The lowest BCUT2D eigenvalue weighted by molar-refractivity contribution is -0.137. The average molecular weight is 413 g/mol. The van der Waals surface area contributed by atoms with Crippen molar-refractivity contribution in [2.24, 2.45) is 0 Å². The zero-order valence-corrected chi connectivity index (χ0v) is 17.7. The molecule has 0 fully saturated rings. The van der Waals surface area contributed by atoms with Crippen molar-refractivity contribution in [1.82, 2.24) is 9.88 Å². The molecule has 0 saturated carbocycles.